The number of rotatable bonds is 3. The highest BCUT2D eigenvalue weighted by atomic mass is 16.5. The molecule has 0 amide bonds. The van der Waals surface area contributed by atoms with Gasteiger partial charge in [0.25, 0.3) is 0 Å². The van der Waals surface area contributed by atoms with Crippen LogP contribution in [-0.4, -0.2) is 17.2 Å². The van der Waals surface area contributed by atoms with Gasteiger partial charge in [-0.25, -0.2) is 0 Å². The summed E-state index contributed by atoms with van der Waals surface area (Å²) in [5.41, 5.74) is 3.25. The van der Waals surface area contributed by atoms with E-state index in [0.29, 0.717) is 24.4 Å². The summed E-state index contributed by atoms with van der Waals surface area (Å²) in [6.07, 6.45) is 13.7. The SMILES string of the molecule is CC1(C)[C@@H](O)CC[C@]2(C)C3CC=C4[C@@H]5C[C@@](C)(C(=O)OCc6ccccc6)CC[C@]5(C)CC[C@@]4(C)[C@]3(C)CC[C@@H]12. The first-order chi connectivity index (χ1) is 18.7. The molecule has 0 bridgehead atoms. The lowest BCUT2D eigenvalue weighted by molar-refractivity contribution is -0.203. The fraction of sp³-hybridized carbons (Fsp3) is 0.757. The number of carbonyl (C=O) groups excluding carboxylic acids is 1. The van der Waals surface area contributed by atoms with E-state index in [4.69, 9.17) is 4.74 Å². The Morgan fingerprint density at radius 3 is 2.30 bits per heavy atom. The number of carbonyl (C=O) groups is 1. The topological polar surface area (TPSA) is 46.5 Å². The van der Waals surface area contributed by atoms with Crippen molar-refractivity contribution in [2.45, 2.75) is 125 Å². The zero-order valence-corrected chi connectivity index (χ0v) is 26.3. The lowest BCUT2D eigenvalue weighted by Gasteiger charge is -2.71. The third kappa shape index (κ3) is 3.88. The number of hydrogen-bond acceptors (Lipinski definition) is 3. The molecule has 0 spiro atoms. The third-order valence-corrected chi connectivity index (χ3v) is 14.5. The molecule has 1 aromatic carbocycles. The Morgan fingerprint density at radius 2 is 1.57 bits per heavy atom. The van der Waals surface area contributed by atoms with Crippen LogP contribution in [0.4, 0.5) is 0 Å². The van der Waals surface area contributed by atoms with Crippen LogP contribution in [0.25, 0.3) is 0 Å². The van der Waals surface area contributed by atoms with E-state index < -0.39 is 5.41 Å². The lowest BCUT2D eigenvalue weighted by Crippen LogP contribution is -2.64. The second-order valence-electron chi connectivity index (χ2n) is 16.7. The third-order valence-electron chi connectivity index (χ3n) is 14.5. The average Bonchev–Trinajstić information content (AvgIpc) is 2.91. The molecule has 5 aliphatic carbocycles. The molecular weight excluding hydrogens is 492 g/mol. The van der Waals surface area contributed by atoms with Gasteiger partial charge in [-0.2, -0.15) is 0 Å². The van der Waals surface area contributed by atoms with Gasteiger partial charge in [0, 0.05) is 0 Å². The second-order valence-corrected chi connectivity index (χ2v) is 16.7. The Bertz CT molecular complexity index is 1190. The number of allylic oxidation sites excluding steroid dienone is 2. The number of benzene rings is 1. The van der Waals surface area contributed by atoms with E-state index in [2.05, 4.69) is 54.5 Å². The van der Waals surface area contributed by atoms with E-state index in [-0.39, 0.29) is 39.1 Å². The summed E-state index contributed by atoms with van der Waals surface area (Å²) >= 11 is 0. The molecule has 3 nitrogen and oxygen atoms in total. The van der Waals surface area contributed by atoms with Crippen LogP contribution in [0, 0.1) is 50.2 Å². The highest BCUT2D eigenvalue weighted by molar-refractivity contribution is 5.76. The molecule has 6 rings (SSSR count). The first kappa shape index (κ1) is 28.5. The number of ether oxygens (including phenoxy) is 1. The van der Waals surface area contributed by atoms with Crippen molar-refractivity contribution < 1.29 is 14.6 Å². The Hall–Kier alpha value is -1.61. The van der Waals surface area contributed by atoms with Crippen LogP contribution in [-0.2, 0) is 16.1 Å². The molecule has 0 aromatic heterocycles. The molecule has 40 heavy (non-hydrogen) atoms. The minimum Gasteiger partial charge on any atom is -0.460 e. The Labute approximate surface area is 243 Å². The summed E-state index contributed by atoms with van der Waals surface area (Å²) in [6.45, 7) is 17.6. The molecule has 0 heterocycles. The number of aliphatic hydroxyl groups is 1. The van der Waals surface area contributed by atoms with Gasteiger partial charge in [0.1, 0.15) is 6.61 Å². The van der Waals surface area contributed by atoms with Crippen LogP contribution >= 0.6 is 0 Å². The van der Waals surface area contributed by atoms with Gasteiger partial charge < -0.3 is 9.84 Å². The van der Waals surface area contributed by atoms with Crippen LogP contribution in [0.3, 0.4) is 0 Å². The summed E-state index contributed by atoms with van der Waals surface area (Å²) in [7, 11) is 0. The zero-order valence-electron chi connectivity index (χ0n) is 26.3. The van der Waals surface area contributed by atoms with E-state index in [1.165, 1.54) is 25.7 Å². The molecule has 0 aliphatic heterocycles. The molecule has 4 fully saturated rings. The fourth-order valence-electron chi connectivity index (χ4n) is 11.4. The predicted molar refractivity (Wildman–Crippen MR) is 161 cm³/mol. The van der Waals surface area contributed by atoms with E-state index >= 15 is 0 Å². The van der Waals surface area contributed by atoms with E-state index in [1.807, 2.05) is 30.3 Å². The van der Waals surface area contributed by atoms with Crippen LogP contribution < -0.4 is 0 Å². The highest BCUT2D eigenvalue weighted by Gasteiger charge is 2.68. The van der Waals surface area contributed by atoms with Gasteiger partial charge in [-0.1, -0.05) is 83.5 Å². The largest absolute Gasteiger partial charge is 0.460 e. The number of esters is 1. The number of fused-ring (bicyclic) bond motifs is 7. The van der Waals surface area contributed by atoms with E-state index in [0.717, 1.165) is 44.1 Å². The van der Waals surface area contributed by atoms with E-state index in [1.54, 1.807) is 5.57 Å². The maximum Gasteiger partial charge on any atom is 0.312 e. The van der Waals surface area contributed by atoms with Crippen molar-refractivity contribution in [3.8, 4) is 0 Å². The van der Waals surface area contributed by atoms with Crippen LogP contribution in [0.15, 0.2) is 42.0 Å². The molecule has 5 aliphatic rings. The van der Waals surface area contributed by atoms with Crippen molar-refractivity contribution in [1.29, 1.82) is 0 Å². The zero-order chi connectivity index (χ0) is 28.8. The van der Waals surface area contributed by atoms with Gasteiger partial charge in [0.2, 0.25) is 0 Å². The van der Waals surface area contributed by atoms with Gasteiger partial charge in [0.15, 0.2) is 0 Å². The number of aliphatic hydroxyl groups excluding tert-OH is 1. The van der Waals surface area contributed by atoms with Gasteiger partial charge >= 0.3 is 5.97 Å². The molecule has 220 valence electrons. The highest BCUT2D eigenvalue weighted by Crippen LogP contribution is 2.75. The number of hydrogen-bond donors (Lipinski definition) is 1. The standard InChI is InChI=1S/C37H54O3/c1-32(2)28-15-18-37(7)29(35(28,5)17-16-30(32)38)14-13-26-27-23-34(4,20-19-33(27,3)21-22-36(26,37)6)31(39)40-24-25-11-9-8-10-12-25/h8-13,27-30,38H,14-24H2,1-7H3/t27-,28-,29?,30-,33+,34-,35-,36+,37+/m0/s1. The maximum atomic E-state index is 13.6. The second kappa shape index (κ2) is 9.19. The lowest BCUT2D eigenvalue weighted by atomic mass is 9.33. The van der Waals surface area contributed by atoms with Crippen molar-refractivity contribution in [2.24, 2.45) is 50.2 Å². The molecule has 9 atom stereocenters. The average molecular weight is 547 g/mol. The molecule has 3 heteroatoms. The Balaban J connectivity index is 1.30. The minimum absolute atomic E-state index is 0.0119. The van der Waals surface area contributed by atoms with Crippen LogP contribution in [0.5, 0.6) is 0 Å². The molecule has 1 unspecified atom stereocenters. The van der Waals surface area contributed by atoms with Crippen molar-refractivity contribution in [2.75, 3.05) is 0 Å². The summed E-state index contributed by atoms with van der Waals surface area (Å²) in [5, 5.41) is 11.0. The first-order valence-corrected chi connectivity index (χ1v) is 16.3. The molecule has 1 N–H and O–H groups in total. The van der Waals surface area contributed by atoms with Crippen LogP contribution in [0.1, 0.15) is 118 Å². The minimum atomic E-state index is -0.428. The smallest absolute Gasteiger partial charge is 0.312 e. The molecule has 4 saturated carbocycles. The van der Waals surface area contributed by atoms with Crippen molar-refractivity contribution in [1.82, 2.24) is 0 Å². The fourth-order valence-corrected chi connectivity index (χ4v) is 11.4. The van der Waals surface area contributed by atoms with Crippen molar-refractivity contribution in [3.63, 3.8) is 0 Å². The molecule has 1 aromatic rings. The van der Waals surface area contributed by atoms with Crippen molar-refractivity contribution in [3.05, 3.63) is 47.5 Å². The summed E-state index contributed by atoms with van der Waals surface area (Å²) < 4.78 is 5.97. The quantitative estimate of drug-likeness (QED) is 0.304. The monoisotopic (exact) mass is 546 g/mol. The predicted octanol–water partition coefficient (Wildman–Crippen LogP) is 8.89. The summed E-state index contributed by atoms with van der Waals surface area (Å²) in [4.78, 5) is 13.6. The Morgan fingerprint density at radius 1 is 0.875 bits per heavy atom. The summed E-state index contributed by atoms with van der Waals surface area (Å²) in [5.74, 6) is 1.66. The van der Waals surface area contributed by atoms with Gasteiger partial charge in [-0.15, -0.1) is 0 Å². The van der Waals surface area contributed by atoms with Gasteiger partial charge in [-0.05, 0) is 122 Å². The maximum absolute atomic E-state index is 13.6. The Kier molecular flexibility index (Phi) is 6.55. The summed E-state index contributed by atoms with van der Waals surface area (Å²) in [6, 6.07) is 10.1. The van der Waals surface area contributed by atoms with Gasteiger partial charge in [0.05, 0.1) is 11.5 Å². The first-order valence-electron chi connectivity index (χ1n) is 16.3. The van der Waals surface area contributed by atoms with Crippen molar-refractivity contribution >= 4 is 5.97 Å². The van der Waals surface area contributed by atoms with Gasteiger partial charge in [-0.3, -0.25) is 4.79 Å². The van der Waals surface area contributed by atoms with E-state index in [9.17, 15) is 9.90 Å². The molecule has 0 radical (unpaired) electrons. The van der Waals surface area contributed by atoms with Crippen LogP contribution in [0.2, 0.25) is 0 Å². The normalized spacial score (nSPS) is 47.5. The molecular formula is C37H54O3. The molecule has 0 saturated heterocycles.